The van der Waals surface area contributed by atoms with Crippen molar-refractivity contribution in [2.45, 2.75) is 25.4 Å². The Morgan fingerprint density at radius 2 is 2.17 bits per heavy atom. The van der Waals surface area contributed by atoms with E-state index >= 15 is 0 Å². The number of aryl methyl sites for hydroxylation is 1. The Balaban J connectivity index is 1.82. The van der Waals surface area contributed by atoms with Crippen molar-refractivity contribution >= 4 is 17.2 Å². The van der Waals surface area contributed by atoms with Crippen molar-refractivity contribution in [3.63, 3.8) is 0 Å². The van der Waals surface area contributed by atoms with Crippen molar-refractivity contribution in [2.24, 2.45) is 0 Å². The summed E-state index contributed by atoms with van der Waals surface area (Å²) in [6.45, 7) is 2.56. The molecule has 7 heteroatoms. The minimum Gasteiger partial charge on any atom is -0.347 e. The quantitative estimate of drug-likeness (QED) is 0.937. The molecule has 1 aromatic carbocycles. The molecule has 0 spiro atoms. The zero-order valence-corrected chi connectivity index (χ0v) is 13.7. The summed E-state index contributed by atoms with van der Waals surface area (Å²) in [6, 6.07) is 3.57. The van der Waals surface area contributed by atoms with Crippen LogP contribution in [-0.4, -0.2) is 35.4 Å². The first-order valence-electron chi connectivity index (χ1n) is 7.33. The molecular weight excluding hydrogens is 320 g/mol. The number of nitrogens with one attached hydrogen (secondary N) is 1. The molecule has 1 saturated heterocycles. The number of nitrogens with zero attached hydrogens (tertiary/aromatic N) is 2. The Labute approximate surface area is 137 Å². The Morgan fingerprint density at radius 3 is 2.83 bits per heavy atom. The first-order chi connectivity index (χ1) is 11.0. The van der Waals surface area contributed by atoms with Crippen LogP contribution in [0.25, 0.3) is 0 Å². The molecule has 1 amide bonds. The lowest BCUT2D eigenvalue weighted by molar-refractivity contribution is 0.0931. The second kappa shape index (κ2) is 6.33. The SMILES string of the molecule is Cc1ncsc1C(=O)N[C@@H]1CCN(C)[C@H]1c1ccc(F)c(F)c1. The fourth-order valence-electron chi connectivity index (χ4n) is 3.03. The molecule has 1 fully saturated rings. The largest absolute Gasteiger partial charge is 0.347 e. The van der Waals surface area contributed by atoms with Crippen LogP contribution in [0, 0.1) is 18.6 Å². The van der Waals surface area contributed by atoms with Gasteiger partial charge in [-0.05, 0) is 38.1 Å². The van der Waals surface area contributed by atoms with E-state index in [1.165, 1.54) is 17.4 Å². The van der Waals surface area contributed by atoms with E-state index in [0.29, 0.717) is 16.1 Å². The maximum absolute atomic E-state index is 13.5. The van der Waals surface area contributed by atoms with E-state index in [2.05, 4.69) is 10.3 Å². The summed E-state index contributed by atoms with van der Waals surface area (Å²) in [6.07, 6.45) is 0.754. The van der Waals surface area contributed by atoms with Gasteiger partial charge in [0.25, 0.3) is 5.91 Å². The van der Waals surface area contributed by atoms with Gasteiger partial charge in [-0.1, -0.05) is 6.07 Å². The Hall–Kier alpha value is -1.86. The highest BCUT2D eigenvalue weighted by atomic mass is 32.1. The number of rotatable bonds is 3. The fraction of sp³-hybridized carbons (Fsp3) is 0.375. The molecule has 1 aliphatic rings. The molecule has 23 heavy (non-hydrogen) atoms. The lowest BCUT2D eigenvalue weighted by Crippen LogP contribution is -2.39. The molecule has 1 aromatic heterocycles. The summed E-state index contributed by atoms with van der Waals surface area (Å²) < 4.78 is 26.7. The van der Waals surface area contributed by atoms with Crippen LogP contribution in [0.2, 0.25) is 0 Å². The van der Waals surface area contributed by atoms with E-state index in [-0.39, 0.29) is 18.0 Å². The Morgan fingerprint density at radius 1 is 1.39 bits per heavy atom. The molecule has 0 bridgehead atoms. The number of thiazole rings is 1. The second-order valence-corrected chi connectivity index (χ2v) is 6.59. The fourth-order valence-corrected chi connectivity index (χ4v) is 3.74. The molecular formula is C16H17F2N3OS. The van der Waals surface area contributed by atoms with Crippen molar-refractivity contribution in [1.29, 1.82) is 0 Å². The molecule has 0 unspecified atom stereocenters. The smallest absolute Gasteiger partial charge is 0.263 e. The van der Waals surface area contributed by atoms with Gasteiger partial charge in [-0.3, -0.25) is 9.69 Å². The van der Waals surface area contributed by atoms with Gasteiger partial charge >= 0.3 is 0 Å². The number of hydrogen-bond donors (Lipinski definition) is 1. The monoisotopic (exact) mass is 337 g/mol. The van der Waals surface area contributed by atoms with Gasteiger partial charge in [-0.2, -0.15) is 0 Å². The number of aromatic nitrogens is 1. The van der Waals surface area contributed by atoms with Crippen LogP contribution in [0.4, 0.5) is 8.78 Å². The zero-order chi connectivity index (χ0) is 16.6. The number of likely N-dealkylation sites (tertiary alicyclic amines) is 1. The Kier molecular flexibility index (Phi) is 4.41. The van der Waals surface area contributed by atoms with E-state index < -0.39 is 11.6 Å². The van der Waals surface area contributed by atoms with Crippen LogP contribution < -0.4 is 5.32 Å². The number of carbonyl (C=O) groups is 1. The lowest BCUT2D eigenvalue weighted by Gasteiger charge is -2.26. The second-order valence-electron chi connectivity index (χ2n) is 5.73. The predicted octanol–water partition coefficient (Wildman–Crippen LogP) is 2.90. The highest BCUT2D eigenvalue weighted by Gasteiger charge is 2.35. The summed E-state index contributed by atoms with van der Waals surface area (Å²) in [7, 11) is 1.91. The number of amides is 1. The van der Waals surface area contributed by atoms with Crippen molar-refractivity contribution in [1.82, 2.24) is 15.2 Å². The van der Waals surface area contributed by atoms with Gasteiger partial charge in [-0.25, -0.2) is 13.8 Å². The van der Waals surface area contributed by atoms with E-state index in [4.69, 9.17) is 0 Å². The van der Waals surface area contributed by atoms with E-state index in [1.54, 1.807) is 18.5 Å². The van der Waals surface area contributed by atoms with Crippen LogP contribution in [0.5, 0.6) is 0 Å². The molecule has 2 aromatic rings. The molecule has 0 saturated carbocycles. The summed E-state index contributed by atoms with van der Waals surface area (Å²) in [4.78, 5) is 19.1. The standard InChI is InChI=1S/C16H17F2N3OS/c1-9-15(23-8-19-9)16(22)20-13-5-6-21(2)14(13)10-3-4-11(17)12(18)7-10/h3-4,7-8,13-14H,5-6H2,1-2H3,(H,20,22)/t13-,14+/m1/s1. The molecule has 122 valence electrons. The third kappa shape index (κ3) is 3.11. The minimum atomic E-state index is -0.869. The van der Waals surface area contributed by atoms with Gasteiger partial charge in [0, 0.05) is 6.54 Å². The molecule has 2 atom stereocenters. The molecule has 2 heterocycles. The third-order valence-corrected chi connectivity index (χ3v) is 5.13. The number of hydrogen-bond acceptors (Lipinski definition) is 4. The molecule has 1 N–H and O–H groups in total. The van der Waals surface area contributed by atoms with Gasteiger partial charge < -0.3 is 5.32 Å². The van der Waals surface area contributed by atoms with Crippen LogP contribution in [0.3, 0.4) is 0 Å². The Bertz CT molecular complexity index is 734. The van der Waals surface area contributed by atoms with Crippen molar-refractivity contribution in [3.05, 3.63) is 51.5 Å². The summed E-state index contributed by atoms with van der Waals surface area (Å²) in [5.74, 6) is -1.90. The number of benzene rings is 1. The third-order valence-electron chi connectivity index (χ3n) is 4.20. The van der Waals surface area contributed by atoms with Gasteiger partial charge in [0.05, 0.1) is 23.3 Å². The van der Waals surface area contributed by atoms with Crippen LogP contribution in [0.1, 0.15) is 33.4 Å². The normalized spacial score (nSPS) is 21.6. The minimum absolute atomic E-state index is 0.154. The highest BCUT2D eigenvalue weighted by Crippen LogP contribution is 2.32. The van der Waals surface area contributed by atoms with Crippen LogP contribution in [0.15, 0.2) is 23.7 Å². The first kappa shape index (κ1) is 16.0. The topological polar surface area (TPSA) is 45.2 Å². The van der Waals surface area contributed by atoms with Crippen LogP contribution >= 0.6 is 11.3 Å². The first-order valence-corrected chi connectivity index (χ1v) is 8.21. The predicted molar refractivity (Wildman–Crippen MR) is 84.5 cm³/mol. The average Bonchev–Trinajstić information content (AvgIpc) is 3.08. The van der Waals surface area contributed by atoms with E-state index in [9.17, 15) is 13.6 Å². The average molecular weight is 337 g/mol. The summed E-state index contributed by atoms with van der Waals surface area (Å²) >= 11 is 1.30. The lowest BCUT2D eigenvalue weighted by atomic mass is 10.00. The maximum Gasteiger partial charge on any atom is 0.263 e. The summed E-state index contributed by atoms with van der Waals surface area (Å²) in [5.41, 5.74) is 3.00. The van der Waals surface area contributed by atoms with Crippen LogP contribution in [-0.2, 0) is 0 Å². The number of halogens is 2. The molecule has 1 aliphatic heterocycles. The molecule has 3 rings (SSSR count). The molecule has 0 radical (unpaired) electrons. The number of likely N-dealkylation sites (N-methyl/N-ethyl adjacent to an activating group) is 1. The zero-order valence-electron chi connectivity index (χ0n) is 12.8. The van der Waals surface area contributed by atoms with Crippen molar-refractivity contribution in [3.8, 4) is 0 Å². The molecule has 4 nitrogen and oxygen atoms in total. The van der Waals surface area contributed by atoms with Crippen molar-refractivity contribution < 1.29 is 13.6 Å². The van der Waals surface area contributed by atoms with Gasteiger partial charge in [0.15, 0.2) is 11.6 Å². The van der Waals surface area contributed by atoms with Gasteiger partial charge in [0.1, 0.15) is 4.88 Å². The summed E-state index contributed by atoms with van der Waals surface area (Å²) in [5, 5.41) is 3.01. The van der Waals surface area contributed by atoms with E-state index in [1.807, 2.05) is 11.9 Å². The molecule has 0 aliphatic carbocycles. The van der Waals surface area contributed by atoms with Gasteiger partial charge in [-0.15, -0.1) is 11.3 Å². The highest BCUT2D eigenvalue weighted by molar-refractivity contribution is 7.11. The van der Waals surface area contributed by atoms with Gasteiger partial charge in [0.2, 0.25) is 0 Å². The maximum atomic E-state index is 13.5. The van der Waals surface area contributed by atoms with E-state index in [0.717, 1.165) is 19.0 Å². The van der Waals surface area contributed by atoms with Crippen molar-refractivity contribution in [2.75, 3.05) is 13.6 Å². The number of carbonyl (C=O) groups excluding carboxylic acids is 1.